The predicted molar refractivity (Wildman–Crippen MR) is 73.5 cm³/mol. The van der Waals surface area contributed by atoms with E-state index in [0.717, 1.165) is 0 Å². The Kier molecular flexibility index (Phi) is 4.68. The van der Waals surface area contributed by atoms with E-state index in [0.29, 0.717) is 5.56 Å². The second-order valence-electron chi connectivity index (χ2n) is 4.91. The third-order valence-corrected chi connectivity index (χ3v) is 6.16. The van der Waals surface area contributed by atoms with Crippen LogP contribution in [-0.4, -0.2) is 24.7 Å². The summed E-state index contributed by atoms with van der Waals surface area (Å²) in [4.78, 5) is 12.1. The predicted octanol–water partition coefficient (Wildman–Crippen LogP) is 2.72. The van der Waals surface area contributed by atoms with Crippen LogP contribution in [0.25, 0.3) is 0 Å². The molecule has 0 aliphatic heterocycles. The number of hydrogen-bond acceptors (Lipinski definition) is 3. The monoisotopic (exact) mass is 268 g/mol. The van der Waals surface area contributed by atoms with Crippen molar-refractivity contribution in [3.05, 3.63) is 35.9 Å². The number of Topliss-reactive ketones (excluding diaryl/α,β-unsaturated/α-hetero) is 1. The summed E-state index contributed by atoms with van der Waals surface area (Å²) in [5.74, 6) is -0.330. The highest BCUT2D eigenvalue weighted by molar-refractivity contribution is 7.93. The summed E-state index contributed by atoms with van der Waals surface area (Å²) in [6.07, 6.45) is 0. The SMILES string of the molecule is CC(C)C(C)S(=O)(=O)C(C)C(=O)c1ccccc1. The van der Waals surface area contributed by atoms with E-state index in [2.05, 4.69) is 0 Å². The van der Waals surface area contributed by atoms with E-state index in [1.54, 1.807) is 37.3 Å². The molecule has 0 N–H and O–H groups in total. The van der Waals surface area contributed by atoms with Crippen LogP contribution in [0.4, 0.5) is 0 Å². The molecule has 0 heterocycles. The van der Waals surface area contributed by atoms with Gasteiger partial charge in [-0.25, -0.2) is 8.42 Å². The first-order valence-electron chi connectivity index (χ1n) is 6.10. The lowest BCUT2D eigenvalue weighted by Gasteiger charge is -2.20. The molecule has 0 aliphatic carbocycles. The molecular formula is C14H20O3S. The Balaban J connectivity index is 3.02. The van der Waals surface area contributed by atoms with Crippen LogP contribution in [0, 0.1) is 5.92 Å². The summed E-state index contributed by atoms with van der Waals surface area (Å²) < 4.78 is 24.5. The van der Waals surface area contributed by atoms with Crippen LogP contribution in [0.3, 0.4) is 0 Å². The van der Waals surface area contributed by atoms with Gasteiger partial charge in [-0.1, -0.05) is 44.2 Å². The van der Waals surface area contributed by atoms with E-state index in [1.165, 1.54) is 6.92 Å². The lowest BCUT2D eigenvalue weighted by Crippen LogP contribution is -2.36. The van der Waals surface area contributed by atoms with Gasteiger partial charge in [0.25, 0.3) is 0 Å². The fraction of sp³-hybridized carbons (Fsp3) is 0.500. The largest absolute Gasteiger partial charge is 0.293 e. The van der Waals surface area contributed by atoms with Crippen molar-refractivity contribution in [3.63, 3.8) is 0 Å². The van der Waals surface area contributed by atoms with Gasteiger partial charge in [-0.05, 0) is 19.8 Å². The van der Waals surface area contributed by atoms with Gasteiger partial charge < -0.3 is 0 Å². The van der Waals surface area contributed by atoms with Gasteiger partial charge in [0, 0.05) is 5.56 Å². The van der Waals surface area contributed by atoms with Crippen LogP contribution in [-0.2, 0) is 9.84 Å². The first kappa shape index (κ1) is 14.9. The van der Waals surface area contributed by atoms with Crippen molar-refractivity contribution in [1.29, 1.82) is 0 Å². The minimum Gasteiger partial charge on any atom is -0.293 e. The van der Waals surface area contributed by atoms with Crippen LogP contribution in [0.5, 0.6) is 0 Å². The second-order valence-corrected chi connectivity index (χ2v) is 7.54. The summed E-state index contributed by atoms with van der Waals surface area (Å²) in [5.41, 5.74) is 0.449. The molecule has 0 saturated heterocycles. The quantitative estimate of drug-likeness (QED) is 0.771. The Hall–Kier alpha value is -1.16. The molecule has 3 nitrogen and oxygen atoms in total. The van der Waals surface area contributed by atoms with Crippen molar-refractivity contribution in [1.82, 2.24) is 0 Å². The van der Waals surface area contributed by atoms with Gasteiger partial charge in [-0.2, -0.15) is 0 Å². The average molecular weight is 268 g/mol. The molecule has 0 amide bonds. The van der Waals surface area contributed by atoms with Crippen molar-refractivity contribution in [2.24, 2.45) is 5.92 Å². The molecule has 0 fully saturated rings. The van der Waals surface area contributed by atoms with Crippen molar-refractivity contribution in [2.45, 2.75) is 38.2 Å². The summed E-state index contributed by atoms with van der Waals surface area (Å²) in [7, 11) is -3.44. The third kappa shape index (κ3) is 2.99. The van der Waals surface area contributed by atoms with Gasteiger partial charge in [0.2, 0.25) is 0 Å². The van der Waals surface area contributed by atoms with Crippen LogP contribution in [0.2, 0.25) is 0 Å². The second kappa shape index (κ2) is 5.65. The first-order valence-corrected chi connectivity index (χ1v) is 7.71. The summed E-state index contributed by atoms with van der Waals surface area (Å²) in [6.45, 7) is 6.84. The first-order chi connectivity index (χ1) is 8.28. The van der Waals surface area contributed by atoms with Crippen molar-refractivity contribution < 1.29 is 13.2 Å². The molecule has 1 aromatic rings. The molecule has 2 atom stereocenters. The lowest BCUT2D eigenvalue weighted by atomic mass is 10.1. The van der Waals surface area contributed by atoms with Crippen LogP contribution < -0.4 is 0 Å². The molecule has 1 aromatic carbocycles. The Morgan fingerprint density at radius 1 is 1.00 bits per heavy atom. The molecule has 0 saturated carbocycles. The van der Waals surface area contributed by atoms with Gasteiger partial charge in [0.15, 0.2) is 15.6 Å². The Morgan fingerprint density at radius 2 is 1.50 bits per heavy atom. The average Bonchev–Trinajstić information content (AvgIpc) is 2.36. The normalized spacial score (nSPS) is 15.4. The van der Waals surface area contributed by atoms with E-state index >= 15 is 0 Å². The number of carbonyl (C=O) groups excluding carboxylic acids is 1. The van der Waals surface area contributed by atoms with Crippen molar-refractivity contribution in [3.8, 4) is 0 Å². The minimum absolute atomic E-state index is 0.000948. The zero-order valence-corrected chi connectivity index (χ0v) is 12.1. The van der Waals surface area contributed by atoms with Gasteiger partial charge in [0.1, 0.15) is 5.25 Å². The van der Waals surface area contributed by atoms with E-state index in [9.17, 15) is 13.2 Å². The van der Waals surface area contributed by atoms with Crippen LogP contribution in [0.1, 0.15) is 38.1 Å². The lowest BCUT2D eigenvalue weighted by molar-refractivity contribution is 0.0991. The maximum atomic E-state index is 12.3. The number of hydrogen-bond donors (Lipinski definition) is 0. The molecule has 0 aliphatic rings. The Morgan fingerprint density at radius 3 is 1.94 bits per heavy atom. The Labute approximate surface area is 109 Å². The minimum atomic E-state index is -3.44. The third-order valence-electron chi connectivity index (χ3n) is 3.38. The Bertz CT molecular complexity index is 503. The molecule has 0 spiro atoms. The number of rotatable bonds is 5. The molecule has 100 valence electrons. The van der Waals surface area contributed by atoms with Crippen LogP contribution in [0.15, 0.2) is 30.3 Å². The summed E-state index contributed by atoms with van der Waals surface area (Å²) in [6, 6.07) is 8.56. The molecule has 0 radical (unpaired) electrons. The van der Waals surface area contributed by atoms with Gasteiger partial charge in [-0.15, -0.1) is 0 Å². The van der Waals surface area contributed by atoms with Crippen molar-refractivity contribution >= 4 is 15.6 Å². The van der Waals surface area contributed by atoms with E-state index < -0.39 is 20.3 Å². The smallest absolute Gasteiger partial charge is 0.180 e. The maximum Gasteiger partial charge on any atom is 0.180 e. The van der Waals surface area contributed by atoms with Gasteiger partial charge in [0.05, 0.1) is 5.25 Å². The zero-order chi connectivity index (χ0) is 13.9. The maximum absolute atomic E-state index is 12.3. The molecule has 0 aromatic heterocycles. The highest BCUT2D eigenvalue weighted by Gasteiger charge is 2.34. The zero-order valence-electron chi connectivity index (χ0n) is 11.3. The standard InChI is InChI=1S/C14H20O3S/c1-10(2)11(3)18(16,17)12(4)14(15)13-8-6-5-7-9-13/h5-12H,1-4H3. The number of ketones is 1. The van der Waals surface area contributed by atoms with E-state index in [1.807, 2.05) is 13.8 Å². The van der Waals surface area contributed by atoms with Gasteiger partial charge in [-0.3, -0.25) is 4.79 Å². The molecular weight excluding hydrogens is 248 g/mol. The number of carbonyl (C=O) groups is 1. The van der Waals surface area contributed by atoms with Crippen molar-refractivity contribution in [2.75, 3.05) is 0 Å². The fourth-order valence-corrected chi connectivity index (χ4v) is 3.52. The molecule has 0 bridgehead atoms. The van der Waals surface area contributed by atoms with E-state index in [-0.39, 0.29) is 11.7 Å². The number of sulfone groups is 1. The summed E-state index contributed by atoms with van der Waals surface area (Å²) >= 11 is 0. The topological polar surface area (TPSA) is 51.2 Å². The molecule has 18 heavy (non-hydrogen) atoms. The molecule has 1 rings (SSSR count). The highest BCUT2D eigenvalue weighted by Crippen LogP contribution is 2.19. The molecule has 2 unspecified atom stereocenters. The van der Waals surface area contributed by atoms with Crippen LogP contribution >= 0.6 is 0 Å². The van der Waals surface area contributed by atoms with Gasteiger partial charge >= 0.3 is 0 Å². The summed E-state index contributed by atoms with van der Waals surface area (Å²) in [5, 5.41) is -1.50. The number of benzene rings is 1. The molecule has 4 heteroatoms. The highest BCUT2D eigenvalue weighted by atomic mass is 32.2. The van der Waals surface area contributed by atoms with E-state index in [4.69, 9.17) is 0 Å². The fourth-order valence-electron chi connectivity index (χ4n) is 1.69.